The Morgan fingerprint density at radius 2 is 1.89 bits per heavy atom. The van der Waals surface area contributed by atoms with Gasteiger partial charge in [-0.1, -0.05) is 6.07 Å². The molecule has 0 radical (unpaired) electrons. The van der Waals surface area contributed by atoms with Gasteiger partial charge in [0.05, 0.1) is 11.3 Å². The van der Waals surface area contributed by atoms with Gasteiger partial charge in [-0.3, -0.25) is 9.78 Å². The van der Waals surface area contributed by atoms with Crippen LogP contribution in [0, 0.1) is 0 Å². The first kappa shape index (κ1) is 21.1. The fraction of sp³-hybridized carbons (Fsp3) is 0.250. The summed E-state index contributed by atoms with van der Waals surface area (Å²) in [5.41, 5.74) is 1.64. The van der Waals surface area contributed by atoms with Crippen LogP contribution in [-0.2, 0) is 11.0 Å². The lowest BCUT2D eigenvalue weighted by atomic mass is 10.1. The summed E-state index contributed by atoms with van der Waals surface area (Å²) < 4.78 is 38.7. The monoisotopic (exact) mass is 390 g/mol. The second-order valence-corrected chi connectivity index (χ2v) is 6.18. The van der Waals surface area contributed by atoms with E-state index in [1.165, 1.54) is 19.1 Å². The number of benzene rings is 1. The number of rotatable bonds is 5. The van der Waals surface area contributed by atoms with Gasteiger partial charge in [-0.2, -0.15) is 13.2 Å². The molecule has 1 amide bonds. The number of hydrogen-bond acceptors (Lipinski definition) is 3. The minimum Gasteiger partial charge on any atom is -0.353 e. The van der Waals surface area contributed by atoms with Crippen molar-refractivity contribution in [2.75, 3.05) is 11.9 Å². The maximum absolute atomic E-state index is 12.9. The number of amides is 1. The number of anilines is 1. The van der Waals surface area contributed by atoms with Crippen LogP contribution in [0.4, 0.5) is 18.9 Å². The topological polar surface area (TPSA) is 66.4 Å². The Hall–Kier alpha value is -3.16. The lowest BCUT2D eigenvalue weighted by Crippen LogP contribution is -2.22. The Kier molecular flexibility index (Phi) is 6.92. The molecule has 1 aromatic heterocycles. The van der Waals surface area contributed by atoms with Crippen LogP contribution < -0.4 is 10.6 Å². The first-order valence-corrected chi connectivity index (χ1v) is 8.51. The third-order valence-corrected chi connectivity index (χ3v) is 3.74. The van der Waals surface area contributed by atoms with Crippen molar-refractivity contribution >= 4 is 23.1 Å². The van der Waals surface area contributed by atoms with Crippen molar-refractivity contribution in [2.45, 2.75) is 26.9 Å². The average molecular weight is 390 g/mol. The van der Waals surface area contributed by atoms with Gasteiger partial charge in [0, 0.05) is 37.1 Å². The van der Waals surface area contributed by atoms with Gasteiger partial charge < -0.3 is 10.6 Å². The van der Waals surface area contributed by atoms with E-state index >= 15 is 0 Å². The standard InChI is InChI=1S/C20H21F3N4O/c1-13(11-25-15(3)28)19(16-6-5-9-24-12-16)27-14(2)26-18-8-4-7-17(10-18)20(21,22)23/h4-10,12H,11H2,1-3H3,(H,25,28)(H,26,27)/b19-13+. The normalized spacial score (nSPS) is 13.0. The van der Waals surface area contributed by atoms with Gasteiger partial charge in [-0.05, 0) is 49.8 Å². The summed E-state index contributed by atoms with van der Waals surface area (Å²) in [6.45, 7) is 5.18. The predicted octanol–water partition coefficient (Wildman–Crippen LogP) is 4.50. The number of nitrogens with one attached hydrogen (secondary N) is 2. The largest absolute Gasteiger partial charge is 0.416 e. The molecule has 0 aliphatic carbocycles. The molecule has 148 valence electrons. The molecule has 2 N–H and O–H groups in total. The van der Waals surface area contributed by atoms with Gasteiger partial charge in [0.2, 0.25) is 5.91 Å². The van der Waals surface area contributed by atoms with E-state index in [2.05, 4.69) is 20.6 Å². The number of pyridine rings is 1. The van der Waals surface area contributed by atoms with Crippen LogP contribution in [0.25, 0.3) is 5.70 Å². The molecule has 1 aromatic carbocycles. The Morgan fingerprint density at radius 3 is 2.50 bits per heavy atom. The molecule has 0 bridgehead atoms. The molecule has 2 aromatic rings. The number of carbonyl (C=O) groups is 1. The molecule has 0 fully saturated rings. The summed E-state index contributed by atoms with van der Waals surface area (Å²) in [5, 5.41) is 5.59. The van der Waals surface area contributed by atoms with E-state index in [4.69, 9.17) is 0 Å². The summed E-state index contributed by atoms with van der Waals surface area (Å²) >= 11 is 0. The zero-order chi connectivity index (χ0) is 20.7. The number of nitrogens with zero attached hydrogens (tertiary/aromatic N) is 2. The first-order valence-electron chi connectivity index (χ1n) is 8.51. The Morgan fingerprint density at radius 1 is 1.14 bits per heavy atom. The number of carbonyl (C=O) groups excluding carboxylic acids is 1. The summed E-state index contributed by atoms with van der Waals surface area (Å²) in [4.78, 5) is 19.8. The maximum Gasteiger partial charge on any atom is 0.416 e. The van der Waals surface area contributed by atoms with E-state index in [1.54, 1.807) is 25.4 Å². The molecule has 0 aliphatic heterocycles. The number of aromatic nitrogens is 1. The predicted molar refractivity (Wildman–Crippen MR) is 104 cm³/mol. The van der Waals surface area contributed by atoms with E-state index in [0.717, 1.165) is 23.3 Å². The maximum atomic E-state index is 12.9. The highest BCUT2D eigenvalue weighted by atomic mass is 19.4. The van der Waals surface area contributed by atoms with Gasteiger partial charge in [0.1, 0.15) is 5.84 Å². The van der Waals surface area contributed by atoms with Crippen molar-refractivity contribution in [1.82, 2.24) is 10.3 Å². The van der Waals surface area contributed by atoms with Crippen LogP contribution >= 0.6 is 0 Å². The second-order valence-electron chi connectivity index (χ2n) is 6.18. The Labute approximate surface area is 161 Å². The van der Waals surface area contributed by atoms with E-state index < -0.39 is 11.7 Å². The zero-order valence-corrected chi connectivity index (χ0v) is 15.8. The van der Waals surface area contributed by atoms with Gasteiger partial charge in [0.25, 0.3) is 0 Å². The summed E-state index contributed by atoms with van der Waals surface area (Å²) in [7, 11) is 0. The molecule has 0 saturated heterocycles. The average Bonchev–Trinajstić information content (AvgIpc) is 2.64. The van der Waals surface area contributed by atoms with Crippen LogP contribution in [0.15, 0.2) is 59.4 Å². The first-order chi connectivity index (χ1) is 13.2. The zero-order valence-electron chi connectivity index (χ0n) is 15.8. The highest BCUT2D eigenvalue weighted by molar-refractivity contribution is 5.97. The van der Waals surface area contributed by atoms with Crippen LogP contribution in [0.3, 0.4) is 0 Å². The van der Waals surface area contributed by atoms with Gasteiger partial charge >= 0.3 is 6.18 Å². The fourth-order valence-corrected chi connectivity index (χ4v) is 2.43. The van der Waals surface area contributed by atoms with E-state index in [9.17, 15) is 18.0 Å². The summed E-state index contributed by atoms with van der Waals surface area (Å²) in [6.07, 6.45) is -1.16. The van der Waals surface area contributed by atoms with E-state index in [-0.39, 0.29) is 11.6 Å². The van der Waals surface area contributed by atoms with Crippen LogP contribution in [-0.4, -0.2) is 23.3 Å². The Bertz CT molecular complexity index is 890. The molecule has 0 saturated carbocycles. The molecule has 5 nitrogen and oxygen atoms in total. The number of alkyl halides is 3. The molecular weight excluding hydrogens is 369 g/mol. The van der Waals surface area contributed by atoms with Crippen molar-refractivity contribution in [1.29, 1.82) is 0 Å². The van der Waals surface area contributed by atoms with Gasteiger partial charge in [-0.15, -0.1) is 0 Å². The molecule has 0 atom stereocenters. The van der Waals surface area contributed by atoms with Gasteiger partial charge in [0.15, 0.2) is 0 Å². The minimum absolute atomic E-state index is 0.173. The molecular formula is C20H21F3N4O. The molecule has 0 unspecified atom stereocenters. The third kappa shape index (κ3) is 6.22. The van der Waals surface area contributed by atoms with E-state index in [1.807, 2.05) is 13.0 Å². The van der Waals surface area contributed by atoms with Crippen LogP contribution in [0.2, 0.25) is 0 Å². The lowest BCUT2D eigenvalue weighted by molar-refractivity contribution is -0.137. The molecule has 1 heterocycles. The quantitative estimate of drug-likeness (QED) is 0.584. The van der Waals surface area contributed by atoms with Crippen LogP contribution in [0.1, 0.15) is 31.9 Å². The van der Waals surface area contributed by atoms with Crippen molar-refractivity contribution in [3.05, 3.63) is 65.5 Å². The summed E-state index contributed by atoms with van der Waals surface area (Å²) in [6, 6.07) is 8.48. The van der Waals surface area contributed by atoms with E-state index in [0.29, 0.717) is 18.1 Å². The summed E-state index contributed by atoms with van der Waals surface area (Å²) in [5.74, 6) is 0.230. The number of hydrogen-bond donors (Lipinski definition) is 2. The third-order valence-electron chi connectivity index (χ3n) is 3.74. The van der Waals surface area contributed by atoms with Crippen LogP contribution in [0.5, 0.6) is 0 Å². The van der Waals surface area contributed by atoms with Crippen molar-refractivity contribution in [3.63, 3.8) is 0 Å². The van der Waals surface area contributed by atoms with Crippen molar-refractivity contribution in [2.24, 2.45) is 4.99 Å². The highest BCUT2D eigenvalue weighted by Crippen LogP contribution is 2.30. The number of amidine groups is 1. The lowest BCUT2D eigenvalue weighted by Gasteiger charge is -2.13. The molecule has 28 heavy (non-hydrogen) atoms. The second kappa shape index (κ2) is 9.16. The Balaban J connectivity index is 2.33. The molecule has 0 aliphatic rings. The fourth-order valence-electron chi connectivity index (χ4n) is 2.43. The van der Waals surface area contributed by atoms with Gasteiger partial charge in [-0.25, -0.2) is 4.99 Å². The molecule has 0 spiro atoms. The SMILES string of the molecule is CC(=O)NC/C(C)=C(/N=C(C)Nc1cccc(C(F)(F)F)c1)c1cccnc1. The smallest absolute Gasteiger partial charge is 0.353 e. The minimum atomic E-state index is -4.42. The molecule has 8 heteroatoms. The van der Waals surface area contributed by atoms with Crippen molar-refractivity contribution in [3.8, 4) is 0 Å². The highest BCUT2D eigenvalue weighted by Gasteiger charge is 2.30. The van der Waals surface area contributed by atoms with Crippen molar-refractivity contribution < 1.29 is 18.0 Å². The number of aliphatic imine (C=N–C) groups is 1. The number of halogens is 3. The molecule has 2 rings (SSSR count).